The van der Waals surface area contributed by atoms with Gasteiger partial charge in [0.1, 0.15) is 5.82 Å². The maximum atomic E-state index is 5.95. The van der Waals surface area contributed by atoms with Crippen LogP contribution in [-0.2, 0) is 11.3 Å². The van der Waals surface area contributed by atoms with Crippen LogP contribution in [0.4, 0.5) is 11.6 Å². The highest BCUT2D eigenvalue weighted by atomic mass is 16.5. The van der Waals surface area contributed by atoms with Crippen LogP contribution in [-0.4, -0.2) is 66.7 Å². The second kappa shape index (κ2) is 9.91. The summed E-state index contributed by atoms with van der Waals surface area (Å²) in [5, 5.41) is 16.2. The van der Waals surface area contributed by atoms with Gasteiger partial charge in [0.05, 0.1) is 35.6 Å². The maximum Gasteiger partial charge on any atom is 0.154 e. The van der Waals surface area contributed by atoms with E-state index in [9.17, 15) is 0 Å². The van der Waals surface area contributed by atoms with Crippen LogP contribution in [0, 0.1) is 0 Å². The highest BCUT2D eigenvalue weighted by Gasteiger charge is 2.33. The van der Waals surface area contributed by atoms with E-state index in [1.165, 1.54) is 12.8 Å². The number of pyridine rings is 2. The monoisotopic (exact) mass is 484 g/mol. The molecular weight excluding hydrogens is 452 g/mol. The largest absolute Gasteiger partial charge is 0.372 e. The predicted molar refractivity (Wildman–Crippen MR) is 139 cm³/mol. The van der Waals surface area contributed by atoms with Crippen molar-refractivity contribution in [3.8, 4) is 11.1 Å². The molecule has 2 unspecified atom stereocenters. The van der Waals surface area contributed by atoms with E-state index in [2.05, 4.69) is 56.6 Å². The molecule has 1 N–H and O–H groups in total. The Balaban J connectivity index is 1.12. The number of nitrogens with zero attached hydrogens (tertiary/aromatic N) is 7. The minimum Gasteiger partial charge on any atom is -0.372 e. The lowest BCUT2D eigenvalue weighted by atomic mass is 10.1. The first kappa shape index (κ1) is 23.0. The number of nitrogens with one attached hydrogen (secondary N) is 1. The van der Waals surface area contributed by atoms with Gasteiger partial charge in [0.2, 0.25) is 0 Å². The lowest BCUT2D eigenvalue weighted by Crippen LogP contribution is -2.43. The zero-order chi connectivity index (χ0) is 24.5. The van der Waals surface area contributed by atoms with Crippen molar-refractivity contribution in [1.29, 1.82) is 0 Å². The predicted octanol–water partition coefficient (Wildman–Crippen LogP) is 4.40. The number of morpholine rings is 1. The average molecular weight is 485 g/mol. The van der Waals surface area contributed by atoms with Crippen molar-refractivity contribution >= 4 is 22.7 Å². The number of aryl methyl sites for hydroxylation is 1. The van der Waals surface area contributed by atoms with Gasteiger partial charge in [-0.25, -0.2) is 4.98 Å². The molecule has 6 heterocycles. The summed E-state index contributed by atoms with van der Waals surface area (Å²) in [5.41, 5.74) is 4.85. The van der Waals surface area contributed by atoms with Crippen LogP contribution in [0.25, 0.3) is 22.2 Å². The van der Waals surface area contributed by atoms with Crippen LogP contribution in [0.1, 0.15) is 44.6 Å². The third-order valence-electron chi connectivity index (χ3n) is 7.08. The van der Waals surface area contributed by atoms with Crippen LogP contribution in [0.15, 0.2) is 49.1 Å². The van der Waals surface area contributed by atoms with Gasteiger partial charge in [-0.1, -0.05) is 13.8 Å². The van der Waals surface area contributed by atoms with Crippen LogP contribution in [0.5, 0.6) is 0 Å². The van der Waals surface area contributed by atoms with Crippen LogP contribution in [0.2, 0.25) is 0 Å². The van der Waals surface area contributed by atoms with Crippen molar-refractivity contribution in [2.75, 3.05) is 25.0 Å². The number of hydrogen-bond donors (Lipinski definition) is 1. The molecule has 0 aromatic carbocycles. The molecule has 2 atom stereocenters. The fraction of sp³-hybridized carbons (Fsp3) is 0.444. The van der Waals surface area contributed by atoms with E-state index >= 15 is 0 Å². The normalized spacial score (nSPS) is 19.9. The highest BCUT2D eigenvalue weighted by Crippen LogP contribution is 2.27. The molecule has 4 aromatic heterocycles. The Kier molecular flexibility index (Phi) is 6.33. The molecule has 9 nitrogen and oxygen atoms in total. The van der Waals surface area contributed by atoms with E-state index in [0.717, 1.165) is 60.3 Å². The topological polar surface area (TPSA) is 93.9 Å². The Bertz CT molecular complexity index is 1340. The average Bonchev–Trinajstić information content (AvgIpc) is 3.49. The van der Waals surface area contributed by atoms with E-state index in [4.69, 9.17) is 9.72 Å². The van der Waals surface area contributed by atoms with Crippen LogP contribution >= 0.6 is 0 Å². The molecule has 0 saturated carbocycles. The minimum atomic E-state index is 0.382. The number of ether oxygens (including phenoxy) is 1. The molecule has 186 valence electrons. The van der Waals surface area contributed by atoms with Crippen molar-refractivity contribution in [3.63, 3.8) is 0 Å². The summed E-state index contributed by atoms with van der Waals surface area (Å²) in [6.07, 6.45) is 12.1. The van der Waals surface area contributed by atoms with E-state index in [1.54, 1.807) is 6.20 Å². The minimum absolute atomic E-state index is 0.382. The van der Waals surface area contributed by atoms with Crippen molar-refractivity contribution in [3.05, 3.63) is 54.6 Å². The third-order valence-corrected chi connectivity index (χ3v) is 7.08. The van der Waals surface area contributed by atoms with E-state index in [-0.39, 0.29) is 0 Å². The zero-order valence-corrected chi connectivity index (χ0v) is 20.8. The summed E-state index contributed by atoms with van der Waals surface area (Å²) < 4.78 is 7.97. The third kappa shape index (κ3) is 5.08. The fourth-order valence-electron chi connectivity index (χ4n) is 5.10. The standard InChI is InChI=1S/C27H32N8O/c1-18(2)19-11-27(33-29-13-19)32-26-7-6-24-25(31-26)10-20(12-28-24)21-14-30-35(15-21)9-3-8-34-16-22-4-5-23(17-34)36-22/h6-7,10-15,18,22-23H,3-5,8-9,16-17H2,1-2H3,(H,31,32,33). The van der Waals surface area contributed by atoms with Crippen molar-refractivity contribution < 1.29 is 4.74 Å². The number of rotatable bonds is 8. The Morgan fingerprint density at radius 3 is 2.67 bits per heavy atom. The van der Waals surface area contributed by atoms with E-state index in [0.29, 0.717) is 29.8 Å². The molecule has 0 amide bonds. The van der Waals surface area contributed by atoms with Gasteiger partial charge >= 0.3 is 0 Å². The molecule has 2 fully saturated rings. The zero-order valence-electron chi connectivity index (χ0n) is 20.8. The molecule has 2 aliphatic heterocycles. The highest BCUT2D eigenvalue weighted by molar-refractivity contribution is 5.81. The number of hydrogen-bond acceptors (Lipinski definition) is 8. The van der Waals surface area contributed by atoms with Crippen molar-refractivity contribution in [2.24, 2.45) is 0 Å². The summed E-state index contributed by atoms with van der Waals surface area (Å²) in [6.45, 7) is 8.41. The Morgan fingerprint density at radius 2 is 1.83 bits per heavy atom. The summed E-state index contributed by atoms with van der Waals surface area (Å²) in [5.74, 6) is 1.78. The smallest absolute Gasteiger partial charge is 0.154 e. The van der Waals surface area contributed by atoms with Crippen molar-refractivity contribution in [1.82, 2.24) is 34.8 Å². The Labute approximate surface area is 210 Å². The quantitative estimate of drug-likeness (QED) is 0.393. The van der Waals surface area contributed by atoms with Gasteiger partial charge in [-0.3, -0.25) is 14.6 Å². The number of fused-ring (bicyclic) bond motifs is 3. The van der Waals surface area contributed by atoms with Gasteiger partial charge in [0, 0.05) is 49.7 Å². The van der Waals surface area contributed by atoms with Gasteiger partial charge in [-0.15, -0.1) is 5.10 Å². The maximum absolute atomic E-state index is 5.95. The molecule has 0 radical (unpaired) electrons. The van der Waals surface area contributed by atoms with Gasteiger partial charge < -0.3 is 10.1 Å². The fourth-order valence-corrected chi connectivity index (χ4v) is 5.10. The number of aromatic nitrogens is 6. The Morgan fingerprint density at radius 1 is 0.972 bits per heavy atom. The van der Waals surface area contributed by atoms with E-state index < -0.39 is 0 Å². The van der Waals surface area contributed by atoms with Gasteiger partial charge in [0.25, 0.3) is 0 Å². The Hall–Kier alpha value is -3.43. The molecule has 0 aliphatic carbocycles. The summed E-state index contributed by atoms with van der Waals surface area (Å²) in [7, 11) is 0. The second-order valence-corrected chi connectivity index (χ2v) is 10.2. The molecule has 2 saturated heterocycles. The van der Waals surface area contributed by atoms with Gasteiger partial charge in [0.15, 0.2) is 5.82 Å². The molecule has 2 bridgehead atoms. The first-order valence-corrected chi connectivity index (χ1v) is 12.9. The second-order valence-electron chi connectivity index (χ2n) is 10.2. The number of likely N-dealkylation sites (tertiary alicyclic amines) is 1. The molecular formula is C27H32N8O. The summed E-state index contributed by atoms with van der Waals surface area (Å²) in [4.78, 5) is 11.9. The first-order chi connectivity index (χ1) is 17.6. The molecule has 0 spiro atoms. The lowest BCUT2D eigenvalue weighted by Gasteiger charge is -2.31. The first-order valence-electron chi connectivity index (χ1n) is 12.9. The molecule has 4 aromatic rings. The van der Waals surface area contributed by atoms with Gasteiger partial charge in [-0.05, 0) is 55.0 Å². The molecule has 6 rings (SSSR count). The number of anilines is 2. The molecule has 36 heavy (non-hydrogen) atoms. The van der Waals surface area contributed by atoms with Crippen LogP contribution in [0.3, 0.4) is 0 Å². The van der Waals surface area contributed by atoms with Gasteiger partial charge in [-0.2, -0.15) is 10.2 Å². The van der Waals surface area contributed by atoms with Crippen LogP contribution < -0.4 is 5.32 Å². The lowest BCUT2D eigenvalue weighted by molar-refractivity contribution is -0.0387. The van der Waals surface area contributed by atoms with E-state index in [1.807, 2.05) is 35.3 Å². The molecule has 9 heteroatoms. The molecule has 2 aliphatic rings. The summed E-state index contributed by atoms with van der Waals surface area (Å²) in [6, 6.07) is 7.95. The SMILES string of the molecule is CC(C)c1cnnc(Nc2ccc3ncc(-c4cnn(CCCN5CC6CCC(C5)O6)c4)cc3n2)c1. The summed E-state index contributed by atoms with van der Waals surface area (Å²) >= 11 is 0. The van der Waals surface area contributed by atoms with Crippen molar-refractivity contribution in [2.45, 2.75) is 57.8 Å².